The van der Waals surface area contributed by atoms with Crippen molar-refractivity contribution in [3.63, 3.8) is 0 Å². The maximum atomic E-state index is 13.5. The van der Waals surface area contributed by atoms with E-state index in [4.69, 9.17) is 0 Å². The lowest BCUT2D eigenvalue weighted by molar-refractivity contribution is 0.0257. The Balaban J connectivity index is 2.05. The fourth-order valence-corrected chi connectivity index (χ4v) is 2.68. The third-order valence-electron chi connectivity index (χ3n) is 3.91. The molecule has 3 heterocycles. The first-order valence-electron chi connectivity index (χ1n) is 7.77. The summed E-state index contributed by atoms with van der Waals surface area (Å²) in [5.74, 6) is -1.49. The number of aryl methyl sites for hydroxylation is 2. The van der Waals surface area contributed by atoms with Crippen LogP contribution in [0.25, 0.3) is 11.2 Å². The number of rotatable bonds is 5. The molecule has 0 aromatic carbocycles. The van der Waals surface area contributed by atoms with Crippen LogP contribution in [0.1, 0.15) is 38.9 Å². The maximum Gasteiger partial charge on any atom is 0.266 e. The van der Waals surface area contributed by atoms with Crippen molar-refractivity contribution in [2.75, 3.05) is 18.0 Å². The summed E-state index contributed by atoms with van der Waals surface area (Å²) in [4.78, 5) is 10.6. The smallest absolute Gasteiger partial charge is 0.266 e. The van der Waals surface area contributed by atoms with Crippen LogP contribution < -0.4 is 4.90 Å². The van der Waals surface area contributed by atoms with E-state index >= 15 is 0 Å². The summed E-state index contributed by atoms with van der Waals surface area (Å²) in [5.41, 5.74) is 1.15. The second-order valence-electron chi connectivity index (χ2n) is 5.67. The zero-order valence-corrected chi connectivity index (χ0v) is 12.9. The van der Waals surface area contributed by atoms with Crippen molar-refractivity contribution in [1.29, 1.82) is 0 Å². The molecule has 120 valence electrons. The van der Waals surface area contributed by atoms with Crippen molar-refractivity contribution >= 4 is 17.0 Å². The van der Waals surface area contributed by atoms with Gasteiger partial charge in [0.2, 0.25) is 0 Å². The van der Waals surface area contributed by atoms with E-state index in [0.29, 0.717) is 29.4 Å². The van der Waals surface area contributed by atoms with E-state index in [1.165, 1.54) is 0 Å². The molecule has 0 aliphatic carbocycles. The highest BCUT2D eigenvalue weighted by atomic mass is 19.3. The molecule has 2 aromatic rings. The minimum atomic E-state index is -2.67. The van der Waals surface area contributed by atoms with E-state index in [0.717, 1.165) is 19.3 Å². The highest BCUT2D eigenvalue weighted by Crippen LogP contribution is 2.32. The molecule has 1 saturated heterocycles. The van der Waals surface area contributed by atoms with Gasteiger partial charge in [-0.3, -0.25) is 0 Å². The van der Waals surface area contributed by atoms with E-state index in [1.54, 1.807) is 9.58 Å². The monoisotopic (exact) mass is 310 g/mol. The summed E-state index contributed by atoms with van der Waals surface area (Å²) < 4.78 is 28.7. The van der Waals surface area contributed by atoms with Crippen molar-refractivity contribution in [1.82, 2.24) is 25.0 Å². The van der Waals surface area contributed by atoms with Crippen LogP contribution in [0.15, 0.2) is 0 Å². The summed E-state index contributed by atoms with van der Waals surface area (Å²) in [5, 5.41) is 8.16. The fraction of sp³-hybridized carbons (Fsp3) is 0.714. The molecule has 0 unspecified atom stereocenters. The number of anilines is 1. The molecule has 1 fully saturated rings. The van der Waals surface area contributed by atoms with Gasteiger partial charge in [0.1, 0.15) is 5.82 Å². The molecule has 1 aliphatic heterocycles. The molecule has 0 atom stereocenters. The van der Waals surface area contributed by atoms with Gasteiger partial charge >= 0.3 is 0 Å². The van der Waals surface area contributed by atoms with Gasteiger partial charge in [-0.1, -0.05) is 18.6 Å². The number of aromatic nitrogens is 5. The Bertz CT molecular complexity index is 669. The first-order chi connectivity index (χ1) is 10.5. The molecule has 0 amide bonds. The lowest BCUT2D eigenvalue weighted by Gasteiger charge is -2.17. The number of nitrogens with zero attached hydrogens (tertiary/aromatic N) is 6. The number of alkyl halides is 2. The normalized spacial score (nSPS) is 17.5. The quantitative estimate of drug-likeness (QED) is 0.849. The Kier molecular flexibility index (Phi) is 3.92. The number of halogens is 2. The molecule has 0 saturated carbocycles. The molecular weight excluding hydrogens is 290 g/mol. The van der Waals surface area contributed by atoms with Gasteiger partial charge in [0.25, 0.3) is 5.92 Å². The molecule has 0 N–H and O–H groups in total. The van der Waals surface area contributed by atoms with Gasteiger partial charge in [0, 0.05) is 25.9 Å². The highest BCUT2D eigenvalue weighted by molar-refractivity contribution is 5.83. The average molecular weight is 310 g/mol. The lowest BCUT2D eigenvalue weighted by Crippen LogP contribution is -2.26. The van der Waals surface area contributed by atoms with Crippen LogP contribution in [0.5, 0.6) is 0 Å². The van der Waals surface area contributed by atoms with Crippen LogP contribution in [0.2, 0.25) is 0 Å². The van der Waals surface area contributed by atoms with Crippen molar-refractivity contribution in [3.8, 4) is 0 Å². The predicted octanol–water partition coefficient (Wildman–Crippen LogP) is 2.43. The fourth-order valence-electron chi connectivity index (χ4n) is 2.68. The minimum absolute atomic E-state index is 0.148. The van der Waals surface area contributed by atoms with E-state index in [1.807, 2.05) is 6.92 Å². The zero-order chi connectivity index (χ0) is 15.7. The Morgan fingerprint density at radius 2 is 2.05 bits per heavy atom. The summed E-state index contributed by atoms with van der Waals surface area (Å²) >= 11 is 0. The van der Waals surface area contributed by atoms with Crippen molar-refractivity contribution in [2.45, 2.75) is 52.0 Å². The topological polar surface area (TPSA) is 59.7 Å². The largest absolute Gasteiger partial charge is 0.348 e. The standard InChI is InChI=1S/C14H20F2N6/c1-3-5-6-10-17-12(21-8-7-14(15,16)9-21)11-13(18-10)22(4-2)20-19-11/h3-9H2,1-2H3. The van der Waals surface area contributed by atoms with Crippen LogP contribution in [0.3, 0.4) is 0 Å². The molecule has 0 radical (unpaired) electrons. The molecule has 6 nitrogen and oxygen atoms in total. The average Bonchev–Trinajstić information content (AvgIpc) is 3.07. The molecule has 8 heteroatoms. The lowest BCUT2D eigenvalue weighted by atomic mass is 10.2. The molecule has 2 aromatic heterocycles. The second-order valence-corrected chi connectivity index (χ2v) is 5.67. The third kappa shape index (κ3) is 2.74. The first kappa shape index (κ1) is 15.1. The van der Waals surface area contributed by atoms with E-state index in [9.17, 15) is 8.78 Å². The van der Waals surface area contributed by atoms with E-state index < -0.39 is 5.92 Å². The van der Waals surface area contributed by atoms with Crippen molar-refractivity contribution in [2.24, 2.45) is 0 Å². The molecule has 1 aliphatic rings. The van der Waals surface area contributed by atoms with Crippen LogP contribution in [0.4, 0.5) is 14.6 Å². The summed E-state index contributed by atoms with van der Waals surface area (Å²) in [6.45, 7) is 4.65. The first-order valence-corrected chi connectivity index (χ1v) is 7.77. The summed E-state index contributed by atoms with van der Waals surface area (Å²) in [7, 11) is 0. The predicted molar refractivity (Wildman–Crippen MR) is 79.2 cm³/mol. The van der Waals surface area contributed by atoms with Crippen LogP contribution >= 0.6 is 0 Å². The Hall–Kier alpha value is -1.86. The van der Waals surface area contributed by atoms with Gasteiger partial charge in [-0.15, -0.1) is 5.10 Å². The second kappa shape index (κ2) is 5.73. The molecular formula is C14H20F2N6. The zero-order valence-electron chi connectivity index (χ0n) is 12.9. The van der Waals surface area contributed by atoms with E-state index in [2.05, 4.69) is 27.2 Å². The van der Waals surface area contributed by atoms with Gasteiger partial charge in [-0.05, 0) is 13.3 Å². The number of hydrogen-bond donors (Lipinski definition) is 0. The molecule has 3 rings (SSSR count). The number of hydrogen-bond acceptors (Lipinski definition) is 5. The molecule has 0 bridgehead atoms. The number of fused-ring (bicyclic) bond motifs is 1. The van der Waals surface area contributed by atoms with Gasteiger partial charge in [-0.2, -0.15) is 0 Å². The summed E-state index contributed by atoms with van der Waals surface area (Å²) in [6.07, 6.45) is 2.59. The van der Waals surface area contributed by atoms with Crippen molar-refractivity contribution < 1.29 is 8.78 Å². The van der Waals surface area contributed by atoms with Gasteiger partial charge in [0.15, 0.2) is 17.0 Å². The van der Waals surface area contributed by atoms with Crippen LogP contribution in [0, 0.1) is 0 Å². The van der Waals surface area contributed by atoms with Crippen molar-refractivity contribution in [3.05, 3.63) is 5.82 Å². The van der Waals surface area contributed by atoms with E-state index in [-0.39, 0.29) is 19.5 Å². The van der Waals surface area contributed by atoms with Crippen LogP contribution in [-0.2, 0) is 13.0 Å². The van der Waals surface area contributed by atoms with Gasteiger partial charge < -0.3 is 4.90 Å². The molecule has 0 spiro atoms. The van der Waals surface area contributed by atoms with Gasteiger partial charge in [-0.25, -0.2) is 23.4 Å². The SMILES string of the molecule is CCCCc1nc(N2CCC(F)(F)C2)c2nnn(CC)c2n1. The molecule has 22 heavy (non-hydrogen) atoms. The number of unbranched alkanes of at least 4 members (excludes halogenated alkanes) is 1. The Labute approximate surface area is 127 Å². The Morgan fingerprint density at radius 1 is 1.23 bits per heavy atom. The van der Waals surface area contributed by atoms with Crippen LogP contribution in [-0.4, -0.2) is 44.0 Å². The highest BCUT2D eigenvalue weighted by Gasteiger charge is 2.39. The van der Waals surface area contributed by atoms with Gasteiger partial charge in [0.05, 0.1) is 6.54 Å². The minimum Gasteiger partial charge on any atom is -0.348 e. The maximum absolute atomic E-state index is 13.5. The Morgan fingerprint density at radius 3 is 2.68 bits per heavy atom. The summed E-state index contributed by atoms with van der Waals surface area (Å²) in [6, 6.07) is 0. The third-order valence-corrected chi connectivity index (χ3v) is 3.91.